The van der Waals surface area contributed by atoms with Gasteiger partial charge in [-0.05, 0) is 73.2 Å². The van der Waals surface area contributed by atoms with Gasteiger partial charge < -0.3 is 14.8 Å². The second-order valence-corrected chi connectivity index (χ2v) is 11.4. The smallest absolute Gasteiger partial charge is 0.413 e. The number of nitrogens with one attached hydrogen (secondary N) is 2. The van der Waals surface area contributed by atoms with Crippen LogP contribution < -0.4 is 10.6 Å². The van der Waals surface area contributed by atoms with E-state index in [-0.39, 0.29) is 23.5 Å². The SMILES string of the molecule is CC(=O)OCOC(=O)N(Cc1cccc(-c2ccsc2)n1)C1CCC(Nc2nccc(C=C3SC(=O)NC3=O)n2)CC1. The number of hydrogen-bond donors (Lipinski definition) is 2. The number of thiophene rings is 1. The molecule has 0 aromatic carbocycles. The first kappa shape index (κ1) is 29.2. The zero-order valence-electron chi connectivity index (χ0n) is 22.6. The molecule has 1 aliphatic carbocycles. The molecule has 2 fully saturated rings. The summed E-state index contributed by atoms with van der Waals surface area (Å²) in [7, 11) is 0. The number of carbonyl (C=O) groups excluding carboxylic acids is 4. The number of ether oxygens (including phenoxy) is 2. The molecule has 2 N–H and O–H groups in total. The standard InChI is InChI=1S/C28H28N6O6S2/c1-17(35)39-16-40-28(38)34(14-21-3-2-4-23(30-21)18-10-12-41-15-18)22-7-5-19(6-8-22)31-26-29-11-9-20(32-26)13-24-25(36)33-27(37)42-24/h2-4,9-13,15,19,22H,5-8,14,16H2,1H3,(H,29,31,32)(H,33,36,37). The second-order valence-electron chi connectivity index (χ2n) is 9.63. The lowest BCUT2D eigenvalue weighted by Gasteiger charge is -2.36. The number of thioether (sulfide) groups is 1. The summed E-state index contributed by atoms with van der Waals surface area (Å²) in [6.07, 6.45) is 5.41. The number of rotatable bonds is 9. The van der Waals surface area contributed by atoms with Crippen LogP contribution in [0.15, 0.2) is 52.2 Å². The molecule has 1 aliphatic heterocycles. The van der Waals surface area contributed by atoms with Crippen LogP contribution in [-0.4, -0.2) is 61.9 Å². The van der Waals surface area contributed by atoms with Crippen molar-refractivity contribution in [2.45, 2.75) is 51.2 Å². The van der Waals surface area contributed by atoms with Gasteiger partial charge in [0.15, 0.2) is 0 Å². The molecule has 0 atom stereocenters. The van der Waals surface area contributed by atoms with Crippen LogP contribution in [0.4, 0.5) is 15.5 Å². The van der Waals surface area contributed by atoms with Gasteiger partial charge in [0, 0.05) is 36.1 Å². The third-order valence-corrected chi connectivity index (χ3v) is 8.20. The molecule has 1 saturated carbocycles. The Morgan fingerprint density at radius 3 is 2.67 bits per heavy atom. The second kappa shape index (κ2) is 13.6. The highest BCUT2D eigenvalue weighted by Crippen LogP contribution is 2.28. The van der Waals surface area contributed by atoms with E-state index in [1.54, 1.807) is 34.6 Å². The van der Waals surface area contributed by atoms with Crippen LogP contribution in [-0.2, 0) is 25.6 Å². The number of pyridine rings is 1. The number of carbonyl (C=O) groups is 4. The predicted molar refractivity (Wildman–Crippen MR) is 157 cm³/mol. The summed E-state index contributed by atoms with van der Waals surface area (Å²) in [5.74, 6) is -0.567. The predicted octanol–water partition coefficient (Wildman–Crippen LogP) is 4.81. The van der Waals surface area contributed by atoms with Crippen LogP contribution in [0.2, 0.25) is 0 Å². The Labute approximate surface area is 249 Å². The van der Waals surface area contributed by atoms with Crippen molar-refractivity contribution in [1.82, 2.24) is 25.2 Å². The molecule has 0 bridgehead atoms. The van der Waals surface area contributed by atoms with Crippen molar-refractivity contribution in [1.29, 1.82) is 0 Å². The molecule has 0 unspecified atom stereocenters. The van der Waals surface area contributed by atoms with Crippen LogP contribution in [0.25, 0.3) is 17.3 Å². The number of anilines is 1. The van der Waals surface area contributed by atoms with Gasteiger partial charge in [-0.25, -0.2) is 14.8 Å². The number of imide groups is 1. The van der Waals surface area contributed by atoms with Crippen molar-refractivity contribution < 1.29 is 28.7 Å². The number of nitrogens with zero attached hydrogens (tertiary/aromatic N) is 4. The molecular weight excluding hydrogens is 580 g/mol. The van der Waals surface area contributed by atoms with Crippen molar-refractivity contribution in [3.8, 4) is 11.3 Å². The lowest BCUT2D eigenvalue weighted by Crippen LogP contribution is -2.44. The molecule has 3 aromatic rings. The third kappa shape index (κ3) is 7.70. The first-order valence-electron chi connectivity index (χ1n) is 13.2. The summed E-state index contributed by atoms with van der Waals surface area (Å²) < 4.78 is 10.1. The Balaban J connectivity index is 1.23. The van der Waals surface area contributed by atoms with Gasteiger partial charge in [-0.2, -0.15) is 11.3 Å². The van der Waals surface area contributed by atoms with Gasteiger partial charge in [-0.1, -0.05) is 6.07 Å². The summed E-state index contributed by atoms with van der Waals surface area (Å²) in [5, 5.41) is 9.17. The largest absolute Gasteiger partial charge is 0.428 e. The average Bonchev–Trinajstić information content (AvgIpc) is 3.62. The minimum absolute atomic E-state index is 0.0637. The highest BCUT2D eigenvalue weighted by atomic mass is 32.2. The number of esters is 1. The van der Waals surface area contributed by atoms with Crippen molar-refractivity contribution >= 4 is 58.3 Å². The Kier molecular flexibility index (Phi) is 9.44. The van der Waals surface area contributed by atoms with Gasteiger partial charge in [0.05, 0.1) is 28.5 Å². The summed E-state index contributed by atoms with van der Waals surface area (Å²) in [6, 6.07) is 9.32. The normalized spacial score (nSPS) is 19.3. The Morgan fingerprint density at radius 1 is 1.12 bits per heavy atom. The van der Waals surface area contributed by atoms with E-state index in [0.29, 0.717) is 24.5 Å². The van der Waals surface area contributed by atoms with Gasteiger partial charge in [0.2, 0.25) is 12.7 Å². The maximum absolute atomic E-state index is 13.1. The number of aromatic nitrogens is 3. The fourth-order valence-electron chi connectivity index (χ4n) is 4.69. The molecule has 5 rings (SSSR count). The highest BCUT2D eigenvalue weighted by Gasteiger charge is 2.31. The van der Waals surface area contributed by atoms with E-state index in [1.807, 2.05) is 35.0 Å². The van der Waals surface area contributed by atoms with Crippen LogP contribution in [0.3, 0.4) is 0 Å². The lowest BCUT2D eigenvalue weighted by molar-refractivity contribution is -0.149. The van der Waals surface area contributed by atoms with Crippen LogP contribution >= 0.6 is 23.1 Å². The van der Waals surface area contributed by atoms with E-state index in [4.69, 9.17) is 14.5 Å². The fourth-order valence-corrected chi connectivity index (χ4v) is 6.01. The van der Waals surface area contributed by atoms with E-state index >= 15 is 0 Å². The first-order valence-corrected chi connectivity index (χ1v) is 15.0. The Bertz CT molecular complexity index is 1490. The Morgan fingerprint density at radius 2 is 1.95 bits per heavy atom. The van der Waals surface area contributed by atoms with Gasteiger partial charge >= 0.3 is 12.1 Å². The molecular formula is C28H28N6O6S2. The average molecular weight is 609 g/mol. The van der Waals surface area contributed by atoms with Crippen molar-refractivity contribution in [3.05, 3.63) is 63.6 Å². The monoisotopic (exact) mass is 608 g/mol. The zero-order chi connectivity index (χ0) is 29.5. The molecule has 12 nitrogen and oxygen atoms in total. The maximum atomic E-state index is 13.1. The third-order valence-electron chi connectivity index (χ3n) is 6.70. The first-order chi connectivity index (χ1) is 20.3. The van der Waals surface area contributed by atoms with Crippen molar-refractivity contribution in [3.63, 3.8) is 0 Å². The van der Waals surface area contributed by atoms with Crippen LogP contribution in [0, 0.1) is 0 Å². The molecule has 1 saturated heterocycles. The van der Waals surface area contributed by atoms with Gasteiger partial charge in [0.1, 0.15) is 0 Å². The molecule has 3 aromatic heterocycles. The molecule has 42 heavy (non-hydrogen) atoms. The van der Waals surface area contributed by atoms with Crippen molar-refractivity contribution in [2.75, 3.05) is 12.1 Å². The number of amides is 3. The summed E-state index contributed by atoms with van der Waals surface area (Å²) in [6.45, 7) is 1.04. The minimum atomic E-state index is -0.577. The van der Waals surface area contributed by atoms with Crippen LogP contribution in [0.1, 0.15) is 44.0 Å². The molecule has 4 heterocycles. The maximum Gasteiger partial charge on any atom is 0.413 e. The van der Waals surface area contributed by atoms with E-state index in [2.05, 4.69) is 20.6 Å². The van der Waals surface area contributed by atoms with E-state index in [0.717, 1.165) is 41.6 Å². The van der Waals surface area contributed by atoms with Gasteiger partial charge in [-0.3, -0.25) is 29.6 Å². The summed E-state index contributed by atoms with van der Waals surface area (Å²) in [5.41, 5.74) is 3.07. The Hall–Kier alpha value is -4.30. The fraction of sp³-hybridized carbons (Fsp3) is 0.321. The topological polar surface area (TPSA) is 153 Å². The molecule has 0 radical (unpaired) electrons. The molecule has 14 heteroatoms. The highest BCUT2D eigenvalue weighted by molar-refractivity contribution is 8.18. The van der Waals surface area contributed by atoms with E-state index in [9.17, 15) is 19.2 Å². The number of hydrogen-bond acceptors (Lipinski definition) is 12. The van der Waals surface area contributed by atoms with E-state index < -0.39 is 30.0 Å². The van der Waals surface area contributed by atoms with Gasteiger partial charge in [0.25, 0.3) is 11.1 Å². The summed E-state index contributed by atoms with van der Waals surface area (Å²) >= 11 is 2.42. The summed E-state index contributed by atoms with van der Waals surface area (Å²) in [4.78, 5) is 63.0. The van der Waals surface area contributed by atoms with Gasteiger partial charge in [-0.15, -0.1) is 0 Å². The minimum Gasteiger partial charge on any atom is -0.428 e. The van der Waals surface area contributed by atoms with Crippen molar-refractivity contribution in [2.24, 2.45) is 0 Å². The molecule has 3 amide bonds. The lowest BCUT2D eigenvalue weighted by atomic mass is 9.90. The quantitative estimate of drug-likeness (QED) is 0.196. The zero-order valence-corrected chi connectivity index (χ0v) is 24.3. The molecule has 218 valence electrons. The van der Waals surface area contributed by atoms with Crippen LogP contribution in [0.5, 0.6) is 0 Å². The molecule has 2 aliphatic rings. The van der Waals surface area contributed by atoms with E-state index in [1.165, 1.54) is 6.92 Å². The molecule has 0 spiro atoms.